The zero-order chi connectivity index (χ0) is 12.1. The standard InChI is InChI=1S/C11H9BrN2O2S/c12-9-6-13-10(17-9)14-11(15)16-7-8-4-2-1-3-5-8/h1-6H,7H2,(H,13,14,15). The second kappa shape index (κ2) is 5.79. The molecular weight excluding hydrogens is 304 g/mol. The van der Waals surface area contributed by atoms with Gasteiger partial charge < -0.3 is 4.74 Å². The van der Waals surface area contributed by atoms with Crippen molar-refractivity contribution in [3.63, 3.8) is 0 Å². The van der Waals surface area contributed by atoms with Gasteiger partial charge in [-0.15, -0.1) is 0 Å². The summed E-state index contributed by atoms with van der Waals surface area (Å²) < 4.78 is 5.90. The number of ether oxygens (including phenoxy) is 1. The van der Waals surface area contributed by atoms with Gasteiger partial charge in [0.2, 0.25) is 0 Å². The first-order valence-corrected chi connectivity index (χ1v) is 6.44. The molecule has 88 valence electrons. The average Bonchev–Trinajstić information content (AvgIpc) is 2.73. The zero-order valence-electron chi connectivity index (χ0n) is 8.72. The predicted octanol–water partition coefficient (Wildman–Crippen LogP) is 3.65. The van der Waals surface area contributed by atoms with Crippen LogP contribution < -0.4 is 5.32 Å². The van der Waals surface area contributed by atoms with Crippen molar-refractivity contribution in [3.05, 3.63) is 45.9 Å². The van der Waals surface area contributed by atoms with Crippen molar-refractivity contribution in [1.82, 2.24) is 4.98 Å². The summed E-state index contributed by atoms with van der Waals surface area (Å²) in [4.78, 5) is 15.4. The van der Waals surface area contributed by atoms with Crippen LogP contribution in [0, 0.1) is 0 Å². The molecule has 0 aliphatic carbocycles. The first-order valence-electron chi connectivity index (χ1n) is 4.83. The van der Waals surface area contributed by atoms with E-state index in [-0.39, 0.29) is 6.61 Å². The molecule has 1 heterocycles. The van der Waals surface area contributed by atoms with Gasteiger partial charge in [0.05, 0.1) is 9.98 Å². The van der Waals surface area contributed by atoms with Gasteiger partial charge in [-0.05, 0) is 21.5 Å². The summed E-state index contributed by atoms with van der Waals surface area (Å²) in [6.45, 7) is 0.249. The summed E-state index contributed by atoms with van der Waals surface area (Å²) in [6.07, 6.45) is 1.12. The Morgan fingerprint density at radius 2 is 2.18 bits per heavy atom. The van der Waals surface area contributed by atoms with Crippen LogP contribution in [0.5, 0.6) is 0 Å². The highest BCUT2D eigenvalue weighted by atomic mass is 79.9. The van der Waals surface area contributed by atoms with Gasteiger partial charge in [-0.25, -0.2) is 9.78 Å². The first kappa shape index (κ1) is 12.1. The third kappa shape index (κ3) is 3.83. The van der Waals surface area contributed by atoms with Crippen molar-refractivity contribution in [2.45, 2.75) is 6.61 Å². The molecule has 1 N–H and O–H groups in total. The molecule has 0 fully saturated rings. The number of rotatable bonds is 3. The number of amides is 1. The number of carbonyl (C=O) groups is 1. The number of nitrogens with zero attached hydrogens (tertiary/aromatic N) is 1. The number of anilines is 1. The van der Waals surface area contributed by atoms with Crippen molar-refractivity contribution in [3.8, 4) is 0 Å². The Hall–Kier alpha value is -1.40. The molecule has 6 heteroatoms. The van der Waals surface area contributed by atoms with E-state index in [4.69, 9.17) is 4.74 Å². The molecule has 0 bridgehead atoms. The van der Waals surface area contributed by atoms with Crippen LogP contribution in [0.4, 0.5) is 9.93 Å². The van der Waals surface area contributed by atoms with Gasteiger partial charge in [-0.3, -0.25) is 5.32 Å². The summed E-state index contributed by atoms with van der Waals surface area (Å²) >= 11 is 4.59. The number of hydrogen-bond donors (Lipinski definition) is 1. The van der Waals surface area contributed by atoms with Gasteiger partial charge in [0.1, 0.15) is 6.61 Å². The Kier molecular flexibility index (Phi) is 4.11. The van der Waals surface area contributed by atoms with Crippen LogP contribution in [0.15, 0.2) is 40.3 Å². The van der Waals surface area contributed by atoms with Crippen molar-refractivity contribution >= 4 is 38.5 Å². The molecule has 0 saturated carbocycles. The minimum Gasteiger partial charge on any atom is -0.444 e. The highest BCUT2D eigenvalue weighted by Gasteiger charge is 2.06. The second-order valence-corrected chi connectivity index (χ2v) is 5.57. The second-order valence-electron chi connectivity index (χ2n) is 3.16. The lowest BCUT2D eigenvalue weighted by Crippen LogP contribution is -2.13. The van der Waals surface area contributed by atoms with E-state index in [1.807, 2.05) is 30.3 Å². The number of benzene rings is 1. The normalized spacial score (nSPS) is 9.94. The molecule has 0 radical (unpaired) electrons. The molecule has 17 heavy (non-hydrogen) atoms. The number of aromatic nitrogens is 1. The van der Waals surface area contributed by atoms with E-state index in [1.165, 1.54) is 11.3 Å². The molecule has 0 atom stereocenters. The summed E-state index contributed by atoms with van der Waals surface area (Å²) in [7, 11) is 0. The van der Waals surface area contributed by atoms with E-state index in [0.717, 1.165) is 9.35 Å². The van der Waals surface area contributed by atoms with Gasteiger partial charge in [0.25, 0.3) is 0 Å². The van der Waals surface area contributed by atoms with E-state index >= 15 is 0 Å². The number of halogens is 1. The smallest absolute Gasteiger partial charge is 0.413 e. The van der Waals surface area contributed by atoms with Crippen molar-refractivity contribution in [2.24, 2.45) is 0 Å². The van der Waals surface area contributed by atoms with E-state index in [1.54, 1.807) is 6.20 Å². The summed E-state index contributed by atoms with van der Waals surface area (Å²) in [6, 6.07) is 9.50. The molecule has 0 unspecified atom stereocenters. The molecule has 0 aliphatic heterocycles. The maximum absolute atomic E-state index is 11.4. The minimum atomic E-state index is -0.504. The third-order valence-corrected chi connectivity index (χ3v) is 3.29. The molecule has 4 nitrogen and oxygen atoms in total. The lowest BCUT2D eigenvalue weighted by molar-refractivity contribution is 0.155. The Balaban J connectivity index is 1.82. The van der Waals surface area contributed by atoms with Crippen LogP contribution in [0.2, 0.25) is 0 Å². The molecule has 2 rings (SSSR count). The summed E-state index contributed by atoms with van der Waals surface area (Å²) in [5.74, 6) is 0. The Morgan fingerprint density at radius 1 is 1.41 bits per heavy atom. The van der Waals surface area contributed by atoms with E-state index in [0.29, 0.717) is 5.13 Å². The largest absolute Gasteiger partial charge is 0.444 e. The average molecular weight is 313 g/mol. The van der Waals surface area contributed by atoms with Gasteiger partial charge >= 0.3 is 6.09 Å². The Labute approximate surface area is 111 Å². The molecule has 2 aromatic rings. The van der Waals surface area contributed by atoms with E-state index in [9.17, 15) is 4.79 Å². The third-order valence-electron chi connectivity index (χ3n) is 1.90. The van der Waals surface area contributed by atoms with Crippen molar-refractivity contribution in [1.29, 1.82) is 0 Å². The number of thiazole rings is 1. The fourth-order valence-corrected chi connectivity index (χ4v) is 2.25. The minimum absolute atomic E-state index is 0.249. The fraction of sp³-hybridized carbons (Fsp3) is 0.0909. The van der Waals surface area contributed by atoms with E-state index in [2.05, 4.69) is 26.2 Å². The highest BCUT2D eigenvalue weighted by molar-refractivity contribution is 9.11. The van der Waals surface area contributed by atoms with Gasteiger partial charge in [-0.1, -0.05) is 41.7 Å². The topological polar surface area (TPSA) is 51.2 Å². The highest BCUT2D eigenvalue weighted by Crippen LogP contribution is 2.23. The molecule has 0 aliphatic rings. The van der Waals surface area contributed by atoms with E-state index < -0.39 is 6.09 Å². The molecular formula is C11H9BrN2O2S. The monoisotopic (exact) mass is 312 g/mol. The van der Waals surface area contributed by atoms with Gasteiger partial charge in [-0.2, -0.15) is 0 Å². The zero-order valence-corrected chi connectivity index (χ0v) is 11.1. The lowest BCUT2D eigenvalue weighted by Gasteiger charge is -2.04. The number of nitrogens with one attached hydrogen (secondary N) is 1. The van der Waals surface area contributed by atoms with Crippen LogP contribution >= 0.6 is 27.3 Å². The maximum Gasteiger partial charge on any atom is 0.413 e. The number of carbonyl (C=O) groups excluding carboxylic acids is 1. The van der Waals surface area contributed by atoms with Gasteiger partial charge in [0.15, 0.2) is 5.13 Å². The maximum atomic E-state index is 11.4. The predicted molar refractivity (Wildman–Crippen MR) is 70.1 cm³/mol. The van der Waals surface area contributed by atoms with Crippen LogP contribution in [0.1, 0.15) is 5.56 Å². The lowest BCUT2D eigenvalue weighted by atomic mass is 10.2. The molecule has 0 spiro atoms. The summed E-state index contributed by atoms with van der Waals surface area (Å²) in [5.41, 5.74) is 0.947. The number of hydrogen-bond acceptors (Lipinski definition) is 4. The van der Waals surface area contributed by atoms with Crippen molar-refractivity contribution < 1.29 is 9.53 Å². The van der Waals surface area contributed by atoms with Crippen LogP contribution in [0.3, 0.4) is 0 Å². The molecule has 1 amide bonds. The SMILES string of the molecule is O=C(Nc1ncc(Br)s1)OCc1ccccc1. The Bertz CT molecular complexity index is 501. The molecule has 0 saturated heterocycles. The van der Waals surface area contributed by atoms with Crippen LogP contribution in [0.25, 0.3) is 0 Å². The Morgan fingerprint density at radius 3 is 2.82 bits per heavy atom. The molecule has 1 aromatic carbocycles. The fourth-order valence-electron chi connectivity index (χ4n) is 1.16. The van der Waals surface area contributed by atoms with Crippen LogP contribution in [-0.2, 0) is 11.3 Å². The van der Waals surface area contributed by atoms with Gasteiger partial charge in [0, 0.05) is 0 Å². The first-order chi connectivity index (χ1) is 8.24. The van der Waals surface area contributed by atoms with Crippen molar-refractivity contribution in [2.75, 3.05) is 5.32 Å². The molecule has 1 aromatic heterocycles. The summed E-state index contributed by atoms with van der Waals surface area (Å²) in [5, 5.41) is 3.06. The van der Waals surface area contributed by atoms with Crippen LogP contribution in [-0.4, -0.2) is 11.1 Å². The quantitative estimate of drug-likeness (QED) is 0.941.